The first-order chi connectivity index (χ1) is 13.0. The summed E-state index contributed by atoms with van der Waals surface area (Å²) in [5, 5.41) is 0.776. The third-order valence-corrected chi connectivity index (χ3v) is 5.19. The summed E-state index contributed by atoms with van der Waals surface area (Å²) in [7, 11) is 0. The van der Waals surface area contributed by atoms with Crippen LogP contribution in [0.1, 0.15) is 28.8 Å². The molecule has 1 fully saturated rings. The van der Waals surface area contributed by atoms with Gasteiger partial charge in [-0.3, -0.25) is 9.69 Å². The molecule has 0 bridgehead atoms. The van der Waals surface area contributed by atoms with E-state index in [0.29, 0.717) is 12.0 Å². The summed E-state index contributed by atoms with van der Waals surface area (Å²) in [6.45, 7) is 5.80. The number of nitrogens with two attached hydrogens (primary N) is 1. The minimum Gasteiger partial charge on any atom is -0.398 e. The van der Waals surface area contributed by atoms with Crippen LogP contribution in [0.15, 0.2) is 42.5 Å². The number of piperazine rings is 1. The number of halogens is 2. The molecule has 1 heterocycles. The van der Waals surface area contributed by atoms with Gasteiger partial charge in [0.2, 0.25) is 0 Å². The maximum absolute atomic E-state index is 13.1. The first kappa shape index (κ1) is 19.8. The van der Waals surface area contributed by atoms with Crippen molar-refractivity contribution in [2.45, 2.75) is 19.4 Å². The van der Waals surface area contributed by atoms with E-state index in [1.807, 2.05) is 18.2 Å². The minimum atomic E-state index is -0.417. The van der Waals surface area contributed by atoms with Crippen molar-refractivity contribution in [2.24, 2.45) is 0 Å². The Balaban J connectivity index is 1.39. The molecule has 144 valence electrons. The largest absolute Gasteiger partial charge is 0.398 e. The predicted octanol–water partition coefficient (Wildman–Crippen LogP) is 3.84. The van der Waals surface area contributed by atoms with Gasteiger partial charge in [0.1, 0.15) is 5.82 Å². The van der Waals surface area contributed by atoms with Gasteiger partial charge in [-0.05, 0) is 48.9 Å². The molecule has 0 aliphatic carbocycles. The zero-order valence-corrected chi connectivity index (χ0v) is 16.1. The van der Waals surface area contributed by atoms with Gasteiger partial charge < -0.3 is 10.6 Å². The fourth-order valence-electron chi connectivity index (χ4n) is 3.45. The van der Waals surface area contributed by atoms with Gasteiger partial charge in [-0.2, -0.15) is 0 Å². The van der Waals surface area contributed by atoms with E-state index < -0.39 is 5.82 Å². The molecule has 0 amide bonds. The highest BCUT2D eigenvalue weighted by atomic mass is 35.5. The molecule has 3 rings (SSSR count). The number of carbonyl (C=O) groups is 1. The summed E-state index contributed by atoms with van der Waals surface area (Å²) in [6, 6.07) is 11.9. The summed E-state index contributed by atoms with van der Waals surface area (Å²) in [5.41, 5.74) is 7.61. The molecular weight excluding hydrogens is 365 g/mol. The second-order valence-corrected chi connectivity index (χ2v) is 7.44. The second kappa shape index (κ2) is 9.31. The van der Waals surface area contributed by atoms with Crippen LogP contribution in [0, 0.1) is 5.82 Å². The maximum Gasteiger partial charge on any atom is 0.164 e. The van der Waals surface area contributed by atoms with Crippen LogP contribution < -0.4 is 5.73 Å². The van der Waals surface area contributed by atoms with Crippen LogP contribution >= 0.6 is 11.6 Å². The Hall–Kier alpha value is -1.95. The number of hydrogen-bond acceptors (Lipinski definition) is 4. The number of Topliss-reactive ketones (excluding diaryl/α,β-unsaturated/α-hetero) is 1. The molecule has 0 unspecified atom stereocenters. The van der Waals surface area contributed by atoms with Crippen molar-refractivity contribution in [2.75, 3.05) is 38.5 Å². The van der Waals surface area contributed by atoms with E-state index in [2.05, 4.69) is 15.9 Å². The SMILES string of the molecule is Nc1cc(F)ccc1C(=O)CCCN1CCN(Cc2cccc(Cl)c2)CC1. The number of nitrogens with zero attached hydrogens (tertiary/aromatic N) is 2. The van der Waals surface area contributed by atoms with Gasteiger partial charge in [-0.25, -0.2) is 4.39 Å². The summed E-state index contributed by atoms with van der Waals surface area (Å²) in [5.74, 6) is -0.438. The predicted molar refractivity (Wildman–Crippen MR) is 108 cm³/mol. The lowest BCUT2D eigenvalue weighted by molar-refractivity contribution is 0.0960. The summed E-state index contributed by atoms with van der Waals surface area (Å²) in [6.07, 6.45) is 1.21. The van der Waals surface area contributed by atoms with Crippen LogP contribution in [0.4, 0.5) is 10.1 Å². The highest BCUT2D eigenvalue weighted by Crippen LogP contribution is 2.17. The molecule has 0 aromatic heterocycles. The van der Waals surface area contributed by atoms with E-state index in [4.69, 9.17) is 17.3 Å². The van der Waals surface area contributed by atoms with E-state index in [0.717, 1.165) is 50.7 Å². The Morgan fingerprint density at radius 3 is 2.52 bits per heavy atom. The Kier molecular flexibility index (Phi) is 6.83. The molecule has 6 heteroatoms. The topological polar surface area (TPSA) is 49.6 Å². The fourth-order valence-corrected chi connectivity index (χ4v) is 3.66. The number of benzene rings is 2. The van der Waals surface area contributed by atoms with Crippen molar-refractivity contribution in [1.29, 1.82) is 0 Å². The van der Waals surface area contributed by atoms with Gasteiger partial charge in [-0.15, -0.1) is 0 Å². The molecule has 1 aliphatic heterocycles. The van der Waals surface area contributed by atoms with E-state index >= 15 is 0 Å². The molecule has 2 aromatic rings. The van der Waals surface area contributed by atoms with E-state index in [1.165, 1.54) is 23.8 Å². The van der Waals surface area contributed by atoms with Crippen molar-refractivity contribution in [3.05, 3.63) is 64.4 Å². The van der Waals surface area contributed by atoms with Crippen molar-refractivity contribution in [1.82, 2.24) is 9.80 Å². The fraction of sp³-hybridized carbons (Fsp3) is 0.381. The van der Waals surface area contributed by atoms with Gasteiger partial charge in [0.25, 0.3) is 0 Å². The molecule has 0 spiro atoms. The van der Waals surface area contributed by atoms with Crippen LogP contribution in [0.3, 0.4) is 0 Å². The van der Waals surface area contributed by atoms with Crippen molar-refractivity contribution in [3.8, 4) is 0 Å². The standard InChI is InChI=1S/C21H25ClFN3O/c22-17-4-1-3-16(13-17)15-26-11-9-25(10-12-26)8-2-5-21(27)19-7-6-18(23)14-20(19)24/h1,3-4,6-7,13-14H,2,5,8-12,15,24H2. The van der Waals surface area contributed by atoms with E-state index in [-0.39, 0.29) is 11.5 Å². The number of rotatable bonds is 7. The number of hydrogen-bond donors (Lipinski definition) is 1. The monoisotopic (exact) mass is 389 g/mol. The van der Waals surface area contributed by atoms with Gasteiger partial charge in [-0.1, -0.05) is 23.7 Å². The molecule has 4 nitrogen and oxygen atoms in total. The highest BCUT2D eigenvalue weighted by Gasteiger charge is 2.17. The number of carbonyl (C=O) groups excluding carboxylic acids is 1. The van der Waals surface area contributed by atoms with Crippen LogP contribution in [0.25, 0.3) is 0 Å². The molecule has 2 N–H and O–H groups in total. The highest BCUT2D eigenvalue weighted by molar-refractivity contribution is 6.30. The van der Waals surface area contributed by atoms with E-state index in [9.17, 15) is 9.18 Å². The molecule has 0 atom stereocenters. The van der Waals surface area contributed by atoms with Crippen LogP contribution in [0.2, 0.25) is 5.02 Å². The van der Waals surface area contributed by atoms with Gasteiger partial charge in [0.05, 0.1) is 0 Å². The van der Waals surface area contributed by atoms with Crippen LogP contribution in [0.5, 0.6) is 0 Å². The molecule has 2 aromatic carbocycles. The number of nitrogen functional groups attached to an aromatic ring is 1. The van der Waals surface area contributed by atoms with Gasteiger partial charge in [0.15, 0.2) is 5.78 Å². The van der Waals surface area contributed by atoms with Crippen LogP contribution in [-0.2, 0) is 6.54 Å². The zero-order valence-electron chi connectivity index (χ0n) is 15.3. The van der Waals surface area contributed by atoms with Crippen molar-refractivity contribution >= 4 is 23.1 Å². The summed E-state index contributed by atoms with van der Waals surface area (Å²) < 4.78 is 13.1. The van der Waals surface area contributed by atoms with E-state index in [1.54, 1.807) is 0 Å². The quantitative estimate of drug-likeness (QED) is 0.577. The molecule has 0 saturated carbocycles. The Bertz CT molecular complexity index is 791. The van der Waals surface area contributed by atoms with Crippen molar-refractivity contribution in [3.63, 3.8) is 0 Å². The molecule has 27 heavy (non-hydrogen) atoms. The van der Waals surface area contributed by atoms with Crippen LogP contribution in [-0.4, -0.2) is 48.3 Å². The average molecular weight is 390 g/mol. The number of ketones is 1. The third-order valence-electron chi connectivity index (χ3n) is 4.95. The van der Waals surface area contributed by atoms with Crippen molar-refractivity contribution < 1.29 is 9.18 Å². The molecule has 1 aliphatic rings. The average Bonchev–Trinajstić information content (AvgIpc) is 2.63. The first-order valence-corrected chi connectivity index (χ1v) is 9.66. The third kappa shape index (κ3) is 5.76. The smallest absolute Gasteiger partial charge is 0.164 e. The Morgan fingerprint density at radius 1 is 1.07 bits per heavy atom. The normalized spacial score (nSPS) is 15.8. The molecular formula is C21H25ClFN3O. The lowest BCUT2D eigenvalue weighted by Crippen LogP contribution is -2.46. The Morgan fingerprint density at radius 2 is 1.81 bits per heavy atom. The van der Waals surface area contributed by atoms with Gasteiger partial charge >= 0.3 is 0 Å². The Labute approximate surface area is 164 Å². The van der Waals surface area contributed by atoms with Gasteiger partial charge in [0, 0.05) is 55.4 Å². The summed E-state index contributed by atoms with van der Waals surface area (Å²) in [4.78, 5) is 17.1. The second-order valence-electron chi connectivity index (χ2n) is 7.01. The lowest BCUT2D eigenvalue weighted by Gasteiger charge is -2.34. The lowest BCUT2D eigenvalue weighted by atomic mass is 10.0. The molecule has 0 radical (unpaired) electrons. The number of anilines is 1. The summed E-state index contributed by atoms with van der Waals surface area (Å²) >= 11 is 6.05. The molecule has 1 saturated heterocycles. The zero-order chi connectivity index (χ0) is 19.2. The maximum atomic E-state index is 13.1. The minimum absolute atomic E-state index is 0.0212. The first-order valence-electron chi connectivity index (χ1n) is 9.28.